The number of fused-ring (bicyclic) bond motifs is 1. The van der Waals surface area contributed by atoms with E-state index in [-0.39, 0.29) is 0 Å². The third kappa shape index (κ3) is 2.59. The van der Waals surface area contributed by atoms with E-state index in [1.165, 1.54) is 0 Å². The van der Waals surface area contributed by atoms with E-state index in [2.05, 4.69) is 22.5 Å². The minimum absolute atomic E-state index is 0.496. The molecule has 0 saturated heterocycles. The minimum Gasteiger partial charge on any atom is -0.307 e. The minimum atomic E-state index is 0.496. The molecule has 120 valence electrons. The van der Waals surface area contributed by atoms with Crippen molar-refractivity contribution in [1.29, 1.82) is 0 Å². The fourth-order valence-electron chi connectivity index (χ4n) is 2.46. The molecule has 4 aromatic rings. The molecule has 0 aliphatic heterocycles. The molecule has 0 radical (unpaired) electrons. The first-order valence-corrected chi connectivity index (χ1v) is 10.5. The van der Waals surface area contributed by atoms with E-state index in [0.29, 0.717) is 10.2 Å². The normalized spacial score (nSPS) is 11.2. The Labute approximate surface area is 156 Å². The Morgan fingerprint density at radius 2 is 1.62 bits per heavy atom. The van der Waals surface area contributed by atoms with Gasteiger partial charge in [0, 0.05) is 7.05 Å². The number of thiophene rings is 2. The summed E-state index contributed by atoms with van der Waals surface area (Å²) in [4.78, 5) is 16.5. The van der Waals surface area contributed by atoms with Gasteiger partial charge in [-0.05, 0) is 29.1 Å². The van der Waals surface area contributed by atoms with Gasteiger partial charge in [-0.3, -0.25) is 0 Å². The summed E-state index contributed by atoms with van der Waals surface area (Å²) in [5.41, 5.74) is 3.20. The second-order valence-electron chi connectivity index (χ2n) is 5.01. The van der Waals surface area contributed by atoms with Gasteiger partial charge in [0.15, 0.2) is 15.4 Å². The Hall–Kier alpha value is -1.61. The maximum atomic E-state index is 5.47. The van der Waals surface area contributed by atoms with Crippen LogP contribution >= 0.6 is 46.7 Å². The van der Waals surface area contributed by atoms with Gasteiger partial charge in [0.25, 0.3) is 0 Å². The van der Waals surface area contributed by atoms with Crippen LogP contribution in [-0.2, 0) is 7.05 Å². The second kappa shape index (κ2) is 6.36. The first-order valence-electron chi connectivity index (χ1n) is 7.09. The lowest BCUT2D eigenvalue weighted by Gasteiger charge is -2.12. The van der Waals surface area contributed by atoms with E-state index >= 15 is 0 Å². The van der Waals surface area contributed by atoms with E-state index in [1.54, 1.807) is 34.4 Å². The summed E-state index contributed by atoms with van der Waals surface area (Å²) in [7, 11) is 1.95. The van der Waals surface area contributed by atoms with Gasteiger partial charge >= 0.3 is 0 Å². The summed E-state index contributed by atoms with van der Waals surface area (Å²) < 4.78 is 2.45. The van der Waals surface area contributed by atoms with Crippen molar-refractivity contribution in [2.24, 2.45) is 7.05 Å². The predicted molar refractivity (Wildman–Crippen MR) is 106 cm³/mol. The number of aromatic nitrogens is 4. The fraction of sp³-hybridized carbons (Fsp3) is 0.125. The molecule has 0 N–H and O–H groups in total. The van der Waals surface area contributed by atoms with E-state index in [4.69, 9.17) is 22.2 Å². The lowest BCUT2D eigenvalue weighted by atomic mass is 10.2. The summed E-state index contributed by atoms with van der Waals surface area (Å²) in [6, 6.07) is 8.18. The summed E-state index contributed by atoms with van der Waals surface area (Å²) in [6.45, 7) is 0. The van der Waals surface area contributed by atoms with Gasteiger partial charge in [-0.2, -0.15) is 0 Å². The number of thioether (sulfide) groups is 1. The largest absolute Gasteiger partial charge is 0.307 e. The van der Waals surface area contributed by atoms with Gasteiger partial charge in [-0.1, -0.05) is 36.1 Å². The maximum absolute atomic E-state index is 5.47. The second-order valence-corrected chi connectivity index (χ2v) is 8.07. The first-order chi connectivity index (χ1) is 11.7. The Morgan fingerprint density at radius 3 is 2.17 bits per heavy atom. The van der Waals surface area contributed by atoms with Gasteiger partial charge < -0.3 is 4.57 Å². The van der Waals surface area contributed by atoms with Crippen molar-refractivity contribution in [2.45, 2.75) is 5.16 Å². The van der Waals surface area contributed by atoms with Crippen LogP contribution in [0, 0.1) is 4.64 Å². The highest BCUT2D eigenvalue weighted by Gasteiger charge is 2.17. The van der Waals surface area contributed by atoms with Crippen LogP contribution in [0.1, 0.15) is 0 Å². The maximum Gasteiger partial charge on any atom is 0.170 e. The van der Waals surface area contributed by atoms with Crippen LogP contribution in [0.4, 0.5) is 0 Å². The molecule has 8 heteroatoms. The van der Waals surface area contributed by atoms with Crippen LogP contribution in [-0.4, -0.2) is 25.8 Å². The average Bonchev–Trinajstić information content (AvgIpc) is 3.30. The summed E-state index contributed by atoms with van der Waals surface area (Å²) in [5.74, 6) is 0. The molecule has 0 aromatic carbocycles. The van der Waals surface area contributed by atoms with E-state index < -0.39 is 0 Å². The zero-order valence-corrected chi connectivity index (χ0v) is 16.2. The predicted octanol–water partition coefficient (Wildman–Crippen LogP) is 5.27. The third-order valence-corrected chi connectivity index (χ3v) is 6.34. The molecule has 4 aromatic heterocycles. The van der Waals surface area contributed by atoms with Gasteiger partial charge in [0.1, 0.15) is 16.9 Å². The van der Waals surface area contributed by atoms with Crippen molar-refractivity contribution in [2.75, 3.05) is 6.26 Å². The lowest BCUT2D eigenvalue weighted by molar-refractivity contribution is 0.760. The van der Waals surface area contributed by atoms with E-state index in [9.17, 15) is 0 Å². The Morgan fingerprint density at radius 1 is 1.00 bits per heavy atom. The van der Waals surface area contributed by atoms with Gasteiger partial charge in [0.2, 0.25) is 0 Å². The van der Waals surface area contributed by atoms with E-state index in [1.807, 2.05) is 35.4 Å². The molecule has 4 nitrogen and oxygen atoms in total. The standard InChI is InChI=1S/C16H12N4S4/c1-20-14-13(15(21)19-16(20)22-2)17-11(9-5-3-7-23-9)12(18-14)10-6-4-8-24-10/h3-8H,1-2H3. The van der Waals surface area contributed by atoms with E-state index in [0.717, 1.165) is 31.9 Å². The lowest BCUT2D eigenvalue weighted by Crippen LogP contribution is -2.06. The van der Waals surface area contributed by atoms with Gasteiger partial charge in [-0.15, -0.1) is 22.7 Å². The molecule has 0 aliphatic carbocycles. The van der Waals surface area contributed by atoms with Crippen LogP contribution in [0.2, 0.25) is 0 Å². The molecule has 0 bridgehead atoms. The molecule has 4 heterocycles. The summed E-state index contributed by atoms with van der Waals surface area (Å²) in [6.07, 6.45) is 1.98. The number of aryl methyl sites for hydroxylation is 1. The molecule has 0 spiro atoms. The monoisotopic (exact) mass is 388 g/mol. The number of rotatable bonds is 3. The molecule has 0 fully saturated rings. The van der Waals surface area contributed by atoms with Crippen molar-refractivity contribution >= 4 is 57.8 Å². The highest BCUT2D eigenvalue weighted by atomic mass is 32.2. The number of hydrogen-bond acceptors (Lipinski definition) is 7. The highest BCUT2D eigenvalue weighted by molar-refractivity contribution is 7.98. The van der Waals surface area contributed by atoms with Gasteiger partial charge in [0.05, 0.1) is 9.75 Å². The van der Waals surface area contributed by atoms with Crippen LogP contribution in [0.5, 0.6) is 0 Å². The highest BCUT2D eigenvalue weighted by Crippen LogP contribution is 2.35. The number of nitrogens with zero attached hydrogens (tertiary/aromatic N) is 4. The molecule has 0 aliphatic rings. The van der Waals surface area contributed by atoms with Crippen LogP contribution < -0.4 is 0 Å². The molecule has 24 heavy (non-hydrogen) atoms. The van der Waals surface area contributed by atoms with Crippen LogP contribution in [0.25, 0.3) is 32.3 Å². The van der Waals surface area contributed by atoms with Crippen molar-refractivity contribution in [3.05, 3.63) is 39.7 Å². The summed E-state index contributed by atoms with van der Waals surface area (Å²) >= 11 is 10.3. The third-order valence-electron chi connectivity index (χ3n) is 3.57. The van der Waals surface area contributed by atoms with Crippen LogP contribution in [0.3, 0.4) is 0 Å². The number of hydrogen-bond donors (Lipinski definition) is 0. The molecule has 0 amide bonds. The fourth-order valence-corrected chi connectivity index (χ4v) is 4.72. The molecule has 0 saturated carbocycles. The zero-order valence-electron chi connectivity index (χ0n) is 12.9. The van der Waals surface area contributed by atoms with Crippen molar-refractivity contribution in [3.8, 4) is 21.1 Å². The van der Waals surface area contributed by atoms with Crippen LogP contribution in [0.15, 0.2) is 40.2 Å². The molecule has 0 unspecified atom stereocenters. The summed E-state index contributed by atoms with van der Waals surface area (Å²) in [5, 5.41) is 4.93. The topological polar surface area (TPSA) is 43.6 Å². The Balaban J connectivity index is 2.13. The van der Waals surface area contributed by atoms with Crippen molar-refractivity contribution in [3.63, 3.8) is 0 Å². The van der Waals surface area contributed by atoms with Crippen molar-refractivity contribution < 1.29 is 0 Å². The Bertz CT molecular complexity index is 1070. The molecular weight excluding hydrogens is 376 g/mol. The molecule has 0 atom stereocenters. The van der Waals surface area contributed by atoms with Gasteiger partial charge in [-0.25, -0.2) is 15.0 Å². The smallest absolute Gasteiger partial charge is 0.170 e. The van der Waals surface area contributed by atoms with Crippen molar-refractivity contribution in [1.82, 2.24) is 19.5 Å². The average molecular weight is 389 g/mol. The SMILES string of the molecule is CSc1nc(=S)c2nc(-c3cccs3)c(-c3cccs3)nc2n1C. The molecule has 4 rings (SSSR count). The Kier molecular flexibility index (Phi) is 4.21. The molecular formula is C16H12N4S4. The first kappa shape index (κ1) is 15.9. The zero-order chi connectivity index (χ0) is 16.7. The quantitative estimate of drug-likeness (QED) is 0.272.